The molecule has 2 atom stereocenters. The average molecular weight is 333 g/mol. The summed E-state index contributed by atoms with van der Waals surface area (Å²) in [5.41, 5.74) is 0. The number of urea groups is 1. The van der Waals surface area contributed by atoms with Crippen LogP contribution in [0, 0.1) is 0 Å². The smallest absolute Gasteiger partial charge is 0.315 e. The fourth-order valence-electron chi connectivity index (χ4n) is 2.81. The SMILES string of the molecule is CCc1nc2n(n1)CCC[C@@H]2NC(=O)NC[C@@H](C)c1cccs1. The van der Waals surface area contributed by atoms with Crippen molar-refractivity contribution >= 4 is 17.4 Å². The first-order valence-electron chi connectivity index (χ1n) is 8.18. The number of carbonyl (C=O) groups is 1. The van der Waals surface area contributed by atoms with Gasteiger partial charge in [0, 0.05) is 30.3 Å². The predicted molar refractivity (Wildman–Crippen MR) is 90.6 cm³/mol. The summed E-state index contributed by atoms with van der Waals surface area (Å²) in [6, 6.07) is 3.96. The van der Waals surface area contributed by atoms with E-state index in [2.05, 4.69) is 39.1 Å². The Kier molecular flexibility index (Phi) is 4.95. The monoisotopic (exact) mass is 333 g/mol. The van der Waals surface area contributed by atoms with Crippen molar-refractivity contribution in [2.45, 2.75) is 51.6 Å². The van der Waals surface area contributed by atoms with Gasteiger partial charge in [0.1, 0.15) is 5.82 Å². The van der Waals surface area contributed by atoms with Crippen LogP contribution in [-0.2, 0) is 13.0 Å². The Labute approximate surface area is 140 Å². The Balaban J connectivity index is 1.55. The van der Waals surface area contributed by atoms with Gasteiger partial charge in [0.2, 0.25) is 0 Å². The maximum atomic E-state index is 12.2. The molecule has 2 aromatic heterocycles. The van der Waals surface area contributed by atoms with Crippen LogP contribution >= 0.6 is 11.3 Å². The van der Waals surface area contributed by atoms with E-state index in [-0.39, 0.29) is 12.1 Å². The van der Waals surface area contributed by atoms with E-state index in [0.717, 1.165) is 37.5 Å². The molecule has 2 N–H and O–H groups in total. The molecule has 1 aliphatic rings. The number of hydrogen-bond donors (Lipinski definition) is 2. The molecule has 6 nitrogen and oxygen atoms in total. The van der Waals surface area contributed by atoms with E-state index in [9.17, 15) is 4.79 Å². The van der Waals surface area contributed by atoms with Crippen LogP contribution in [0.5, 0.6) is 0 Å². The molecule has 124 valence electrons. The van der Waals surface area contributed by atoms with Gasteiger partial charge in [0.05, 0.1) is 6.04 Å². The fourth-order valence-corrected chi connectivity index (χ4v) is 3.60. The number of aryl methyl sites for hydroxylation is 2. The number of nitrogens with zero attached hydrogens (tertiary/aromatic N) is 3. The van der Waals surface area contributed by atoms with E-state index in [0.29, 0.717) is 12.5 Å². The fraction of sp³-hybridized carbons (Fsp3) is 0.562. The summed E-state index contributed by atoms with van der Waals surface area (Å²) in [5, 5.41) is 12.5. The van der Waals surface area contributed by atoms with Crippen LogP contribution < -0.4 is 10.6 Å². The van der Waals surface area contributed by atoms with Crippen molar-refractivity contribution in [2.24, 2.45) is 0 Å². The van der Waals surface area contributed by atoms with E-state index >= 15 is 0 Å². The van der Waals surface area contributed by atoms with Crippen LogP contribution in [-0.4, -0.2) is 27.3 Å². The molecule has 0 aromatic carbocycles. The van der Waals surface area contributed by atoms with Crippen molar-refractivity contribution < 1.29 is 4.79 Å². The number of amides is 2. The predicted octanol–water partition coefficient (Wildman–Crippen LogP) is 2.84. The minimum Gasteiger partial charge on any atom is -0.338 e. The highest BCUT2D eigenvalue weighted by Gasteiger charge is 2.25. The normalized spacial score (nSPS) is 18.3. The Morgan fingerprint density at radius 1 is 1.57 bits per heavy atom. The second-order valence-electron chi connectivity index (χ2n) is 5.93. The minimum atomic E-state index is -0.132. The number of hydrogen-bond acceptors (Lipinski definition) is 4. The lowest BCUT2D eigenvalue weighted by atomic mass is 10.1. The molecular weight excluding hydrogens is 310 g/mol. The molecule has 2 aromatic rings. The zero-order chi connectivity index (χ0) is 16.2. The van der Waals surface area contributed by atoms with Gasteiger partial charge in [0.25, 0.3) is 0 Å². The Hall–Kier alpha value is -1.89. The maximum absolute atomic E-state index is 12.2. The summed E-state index contributed by atoms with van der Waals surface area (Å²) < 4.78 is 1.93. The molecule has 23 heavy (non-hydrogen) atoms. The van der Waals surface area contributed by atoms with Gasteiger partial charge in [-0.3, -0.25) is 0 Å². The molecular formula is C16H23N5OS. The maximum Gasteiger partial charge on any atom is 0.315 e. The van der Waals surface area contributed by atoms with Crippen molar-refractivity contribution in [1.29, 1.82) is 0 Å². The first kappa shape index (κ1) is 16.0. The Bertz CT molecular complexity index is 651. The van der Waals surface area contributed by atoms with E-state index in [1.807, 2.05) is 17.7 Å². The lowest BCUT2D eigenvalue weighted by Crippen LogP contribution is -2.41. The molecule has 0 fully saturated rings. The molecule has 2 amide bonds. The van der Waals surface area contributed by atoms with Gasteiger partial charge in [-0.25, -0.2) is 14.5 Å². The molecule has 0 unspecified atom stereocenters. The van der Waals surface area contributed by atoms with E-state index < -0.39 is 0 Å². The van der Waals surface area contributed by atoms with Crippen LogP contribution in [0.4, 0.5) is 4.79 Å². The Morgan fingerprint density at radius 3 is 3.17 bits per heavy atom. The standard InChI is InChI=1S/C16H23N5OS/c1-3-14-19-15-12(6-4-8-21(15)20-14)18-16(22)17-10-11(2)13-7-5-9-23-13/h5,7,9,11-12H,3-4,6,8,10H2,1-2H3,(H2,17,18,22)/t11-,12+/m1/s1. The van der Waals surface area contributed by atoms with Gasteiger partial charge in [-0.1, -0.05) is 19.9 Å². The van der Waals surface area contributed by atoms with Crippen LogP contribution in [0.1, 0.15) is 55.2 Å². The topological polar surface area (TPSA) is 71.8 Å². The number of rotatable bonds is 5. The van der Waals surface area contributed by atoms with Gasteiger partial charge in [-0.2, -0.15) is 5.10 Å². The summed E-state index contributed by atoms with van der Waals surface area (Å²) in [5.74, 6) is 2.05. The van der Waals surface area contributed by atoms with Crippen LogP contribution in [0.2, 0.25) is 0 Å². The molecule has 0 saturated heterocycles. The quantitative estimate of drug-likeness (QED) is 0.884. The first-order chi connectivity index (χ1) is 11.2. The lowest BCUT2D eigenvalue weighted by Gasteiger charge is -2.23. The largest absolute Gasteiger partial charge is 0.338 e. The summed E-state index contributed by atoms with van der Waals surface area (Å²) >= 11 is 1.72. The van der Waals surface area contributed by atoms with Crippen molar-refractivity contribution in [3.8, 4) is 0 Å². The van der Waals surface area contributed by atoms with Gasteiger partial charge in [0.15, 0.2) is 5.82 Å². The third-order valence-corrected chi connectivity index (χ3v) is 5.24. The molecule has 0 spiro atoms. The molecule has 0 radical (unpaired) electrons. The van der Waals surface area contributed by atoms with Crippen molar-refractivity contribution in [3.05, 3.63) is 34.0 Å². The van der Waals surface area contributed by atoms with Crippen molar-refractivity contribution in [1.82, 2.24) is 25.4 Å². The molecule has 3 heterocycles. The summed E-state index contributed by atoms with van der Waals surface area (Å²) in [6.45, 7) is 5.68. The van der Waals surface area contributed by atoms with Gasteiger partial charge in [-0.05, 0) is 24.3 Å². The molecule has 7 heteroatoms. The van der Waals surface area contributed by atoms with Crippen molar-refractivity contribution in [3.63, 3.8) is 0 Å². The van der Waals surface area contributed by atoms with Gasteiger partial charge >= 0.3 is 6.03 Å². The second-order valence-corrected chi connectivity index (χ2v) is 6.91. The zero-order valence-electron chi connectivity index (χ0n) is 13.6. The molecule has 1 aliphatic heterocycles. The van der Waals surface area contributed by atoms with E-state index in [1.54, 1.807) is 11.3 Å². The lowest BCUT2D eigenvalue weighted by molar-refractivity contribution is 0.232. The summed E-state index contributed by atoms with van der Waals surface area (Å²) in [6.07, 6.45) is 2.74. The highest BCUT2D eigenvalue weighted by Crippen LogP contribution is 2.23. The first-order valence-corrected chi connectivity index (χ1v) is 9.06. The Morgan fingerprint density at radius 2 is 2.43 bits per heavy atom. The summed E-state index contributed by atoms with van der Waals surface area (Å²) in [7, 11) is 0. The molecule has 3 rings (SSSR count). The number of aromatic nitrogens is 3. The van der Waals surface area contributed by atoms with E-state index in [1.165, 1.54) is 4.88 Å². The zero-order valence-corrected chi connectivity index (χ0v) is 14.4. The summed E-state index contributed by atoms with van der Waals surface area (Å²) in [4.78, 5) is 18.0. The second kappa shape index (κ2) is 7.12. The highest BCUT2D eigenvalue weighted by molar-refractivity contribution is 7.10. The number of fused-ring (bicyclic) bond motifs is 1. The van der Waals surface area contributed by atoms with Crippen LogP contribution in [0.25, 0.3) is 0 Å². The molecule has 0 aliphatic carbocycles. The third-order valence-electron chi connectivity index (χ3n) is 4.14. The van der Waals surface area contributed by atoms with Gasteiger partial charge < -0.3 is 10.6 Å². The number of carbonyl (C=O) groups excluding carboxylic acids is 1. The molecule has 0 saturated carbocycles. The van der Waals surface area contributed by atoms with Crippen LogP contribution in [0.15, 0.2) is 17.5 Å². The van der Waals surface area contributed by atoms with Crippen LogP contribution in [0.3, 0.4) is 0 Å². The number of nitrogens with one attached hydrogen (secondary N) is 2. The van der Waals surface area contributed by atoms with Gasteiger partial charge in [-0.15, -0.1) is 11.3 Å². The molecule has 0 bridgehead atoms. The average Bonchev–Trinajstić information content (AvgIpc) is 3.22. The highest BCUT2D eigenvalue weighted by atomic mass is 32.1. The number of thiophene rings is 1. The van der Waals surface area contributed by atoms with E-state index in [4.69, 9.17) is 0 Å². The van der Waals surface area contributed by atoms with Crippen molar-refractivity contribution in [2.75, 3.05) is 6.54 Å². The third kappa shape index (κ3) is 3.72. The minimum absolute atomic E-state index is 0.0476.